The van der Waals surface area contributed by atoms with Crippen LogP contribution in [0.3, 0.4) is 0 Å². The fourth-order valence-corrected chi connectivity index (χ4v) is 3.37. The molecule has 25 heavy (non-hydrogen) atoms. The number of nitrogens with zero attached hydrogens (tertiary/aromatic N) is 2. The monoisotopic (exact) mass is 342 g/mol. The van der Waals surface area contributed by atoms with Crippen molar-refractivity contribution in [1.82, 2.24) is 9.13 Å². The SMILES string of the molecule is CCCC1(CNc2c(N)n(Cc3ccccc3)c(=O)n(C)c2=O)CC1. The average Bonchev–Trinajstić information content (AvgIpc) is 3.38. The molecule has 0 saturated heterocycles. The zero-order valence-corrected chi connectivity index (χ0v) is 14.9. The van der Waals surface area contributed by atoms with Crippen LogP contribution >= 0.6 is 0 Å². The Balaban J connectivity index is 1.93. The van der Waals surface area contributed by atoms with E-state index in [2.05, 4.69) is 12.2 Å². The third kappa shape index (κ3) is 3.48. The van der Waals surface area contributed by atoms with Crippen molar-refractivity contribution in [2.24, 2.45) is 12.5 Å². The van der Waals surface area contributed by atoms with E-state index in [9.17, 15) is 9.59 Å². The quantitative estimate of drug-likeness (QED) is 0.808. The van der Waals surface area contributed by atoms with Gasteiger partial charge in [0.05, 0.1) is 6.54 Å². The summed E-state index contributed by atoms with van der Waals surface area (Å²) in [5.41, 5.74) is 7.04. The van der Waals surface area contributed by atoms with Crippen LogP contribution in [0.2, 0.25) is 0 Å². The molecule has 0 aliphatic heterocycles. The predicted octanol–water partition coefficient (Wildman–Crippen LogP) is 2.17. The maximum absolute atomic E-state index is 12.5. The van der Waals surface area contributed by atoms with Gasteiger partial charge in [-0.1, -0.05) is 43.7 Å². The van der Waals surface area contributed by atoms with Crippen LogP contribution in [0.1, 0.15) is 38.2 Å². The van der Waals surface area contributed by atoms with E-state index in [0.717, 1.165) is 29.5 Å². The number of hydrogen-bond donors (Lipinski definition) is 2. The van der Waals surface area contributed by atoms with E-state index in [-0.39, 0.29) is 16.8 Å². The van der Waals surface area contributed by atoms with Gasteiger partial charge in [-0.15, -0.1) is 0 Å². The molecular weight excluding hydrogens is 316 g/mol. The lowest BCUT2D eigenvalue weighted by Crippen LogP contribution is -2.41. The molecule has 0 amide bonds. The lowest BCUT2D eigenvalue weighted by molar-refractivity contribution is 0.485. The summed E-state index contributed by atoms with van der Waals surface area (Å²) in [5.74, 6) is 0.212. The average molecular weight is 342 g/mol. The zero-order valence-electron chi connectivity index (χ0n) is 14.9. The first-order chi connectivity index (χ1) is 12.0. The Kier molecular flexibility index (Phi) is 4.70. The highest BCUT2D eigenvalue weighted by Gasteiger charge is 2.41. The first-order valence-corrected chi connectivity index (χ1v) is 8.84. The Morgan fingerprint density at radius 2 is 1.88 bits per heavy atom. The summed E-state index contributed by atoms with van der Waals surface area (Å²) in [6.07, 6.45) is 4.63. The second-order valence-corrected chi connectivity index (χ2v) is 7.08. The maximum Gasteiger partial charge on any atom is 0.332 e. The van der Waals surface area contributed by atoms with Gasteiger partial charge in [0, 0.05) is 13.6 Å². The lowest BCUT2D eigenvalue weighted by Gasteiger charge is -2.19. The molecule has 0 spiro atoms. The maximum atomic E-state index is 12.5. The van der Waals surface area contributed by atoms with E-state index in [1.165, 1.54) is 24.5 Å². The van der Waals surface area contributed by atoms with E-state index in [1.54, 1.807) is 0 Å². The second-order valence-electron chi connectivity index (χ2n) is 7.08. The van der Waals surface area contributed by atoms with E-state index < -0.39 is 5.69 Å². The first-order valence-electron chi connectivity index (χ1n) is 8.84. The topological polar surface area (TPSA) is 82.0 Å². The molecule has 0 radical (unpaired) electrons. The molecule has 3 rings (SSSR count). The molecule has 1 aliphatic carbocycles. The number of anilines is 2. The van der Waals surface area contributed by atoms with Gasteiger partial charge in [-0.25, -0.2) is 4.79 Å². The summed E-state index contributed by atoms with van der Waals surface area (Å²) in [6.45, 7) is 3.24. The molecule has 1 saturated carbocycles. The molecule has 0 atom stereocenters. The number of nitrogen functional groups attached to an aromatic ring is 1. The van der Waals surface area contributed by atoms with Crippen molar-refractivity contribution < 1.29 is 0 Å². The largest absolute Gasteiger partial charge is 0.383 e. The van der Waals surface area contributed by atoms with Gasteiger partial charge in [-0.2, -0.15) is 0 Å². The van der Waals surface area contributed by atoms with Crippen LogP contribution in [0.15, 0.2) is 39.9 Å². The number of nitrogens with two attached hydrogens (primary N) is 1. The molecule has 0 unspecified atom stereocenters. The highest BCUT2D eigenvalue weighted by atomic mass is 16.2. The minimum absolute atomic E-state index is 0.212. The molecule has 6 heteroatoms. The zero-order chi connectivity index (χ0) is 18.0. The number of nitrogens with one attached hydrogen (secondary N) is 1. The highest BCUT2D eigenvalue weighted by Crippen LogP contribution is 2.49. The molecule has 1 aromatic heterocycles. The summed E-state index contributed by atoms with van der Waals surface area (Å²) in [4.78, 5) is 25.0. The van der Waals surface area contributed by atoms with Crippen LogP contribution in [0.4, 0.5) is 11.5 Å². The molecule has 3 N–H and O–H groups in total. The highest BCUT2D eigenvalue weighted by molar-refractivity contribution is 5.61. The van der Waals surface area contributed by atoms with Gasteiger partial charge < -0.3 is 11.1 Å². The Morgan fingerprint density at radius 1 is 1.20 bits per heavy atom. The smallest absolute Gasteiger partial charge is 0.332 e. The fraction of sp³-hybridized carbons (Fsp3) is 0.474. The Hall–Kier alpha value is -2.50. The van der Waals surface area contributed by atoms with Crippen LogP contribution in [-0.4, -0.2) is 15.7 Å². The van der Waals surface area contributed by atoms with Crippen molar-refractivity contribution in [3.05, 3.63) is 56.7 Å². The van der Waals surface area contributed by atoms with Crippen LogP contribution in [-0.2, 0) is 13.6 Å². The minimum Gasteiger partial charge on any atom is -0.383 e. The molecule has 1 heterocycles. The van der Waals surface area contributed by atoms with Crippen molar-refractivity contribution in [1.29, 1.82) is 0 Å². The summed E-state index contributed by atoms with van der Waals surface area (Å²) < 4.78 is 2.58. The molecule has 1 aromatic carbocycles. The summed E-state index contributed by atoms with van der Waals surface area (Å²) in [5, 5.41) is 3.24. The van der Waals surface area contributed by atoms with Crippen molar-refractivity contribution in [3.8, 4) is 0 Å². The number of rotatable bonds is 7. The third-order valence-electron chi connectivity index (χ3n) is 5.14. The van der Waals surface area contributed by atoms with E-state index in [4.69, 9.17) is 5.73 Å². The number of aromatic nitrogens is 2. The Bertz CT molecular complexity index is 863. The van der Waals surface area contributed by atoms with Crippen LogP contribution in [0.5, 0.6) is 0 Å². The van der Waals surface area contributed by atoms with Gasteiger partial charge in [0.15, 0.2) is 0 Å². The van der Waals surface area contributed by atoms with Gasteiger partial charge in [0.2, 0.25) is 0 Å². The molecule has 6 nitrogen and oxygen atoms in total. The van der Waals surface area contributed by atoms with Gasteiger partial charge in [-0.05, 0) is 30.2 Å². The Labute approximate surface area is 147 Å². The van der Waals surface area contributed by atoms with E-state index in [1.807, 2.05) is 30.3 Å². The van der Waals surface area contributed by atoms with Crippen molar-refractivity contribution in [2.75, 3.05) is 17.6 Å². The molecule has 134 valence electrons. The van der Waals surface area contributed by atoms with E-state index >= 15 is 0 Å². The molecular formula is C19H26N4O2. The van der Waals surface area contributed by atoms with Crippen LogP contribution < -0.4 is 22.3 Å². The van der Waals surface area contributed by atoms with E-state index in [0.29, 0.717) is 12.2 Å². The molecule has 2 aromatic rings. The van der Waals surface area contributed by atoms with Gasteiger partial charge in [-0.3, -0.25) is 13.9 Å². The Morgan fingerprint density at radius 3 is 2.48 bits per heavy atom. The van der Waals surface area contributed by atoms with Crippen molar-refractivity contribution in [3.63, 3.8) is 0 Å². The van der Waals surface area contributed by atoms with Crippen molar-refractivity contribution >= 4 is 11.5 Å². The third-order valence-corrected chi connectivity index (χ3v) is 5.14. The normalized spacial score (nSPS) is 15.1. The van der Waals surface area contributed by atoms with Crippen molar-refractivity contribution in [2.45, 2.75) is 39.2 Å². The van der Waals surface area contributed by atoms with Crippen LogP contribution in [0, 0.1) is 5.41 Å². The minimum atomic E-state index is -0.397. The lowest BCUT2D eigenvalue weighted by atomic mass is 10.0. The van der Waals surface area contributed by atoms with Gasteiger partial charge in [0.25, 0.3) is 5.56 Å². The predicted molar refractivity (Wildman–Crippen MR) is 101 cm³/mol. The standard InChI is InChI=1S/C19H26N4O2/c1-3-9-19(10-11-19)13-21-15-16(20)23(18(25)22(2)17(15)24)12-14-7-5-4-6-8-14/h4-8,21H,3,9-13,20H2,1-2H3. The van der Waals surface area contributed by atoms with Gasteiger partial charge in [0.1, 0.15) is 11.5 Å². The van der Waals surface area contributed by atoms with Gasteiger partial charge >= 0.3 is 5.69 Å². The first kappa shape index (κ1) is 17.3. The summed E-state index contributed by atoms with van der Waals surface area (Å²) in [6, 6.07) is 9.62. The second kappa shape index (κ2) is 6.78. The summed E-state index contributed by atoms with van der Waals surface area (Å²) in [7, 11) is 1.50. The molecule has 0 bridgehead atoms. The fourth-order valence-electron chi connectivity index (χ4n) is 3.37. The van der Waals surface area contributed by atoms with Crippen LogP contribution in [0.25, 0.3) is 0 Å². The molecule has 1 fully saturated rings. The summed E-state index contributed by atoms with van der Waals surface area (Å²) >= 11 is 0. The number of hydrogen-bond acceptors (Lipinski definition) is 4. The number of benzene rings is 1. The molecule has 1 aliphatic rings.